The van der Waals surface area contributed by atoms with E-state index >= 15 is 0 Å². The number of hydrogen-bond donors (Lipinski definition) is 3. The summed E-state index contributed by atoms with van der Waals surface area (Å²) >= 11 is 0. The lowest BCUT2D eigenvalue weighted by atomic mass is 9.85. The van der Waals surface area contributed by atoms with Gasteiger partial charge in [0.05, 0.1) is 11.9 Å². The average molecular weight is 444 g/mol. The molecule has 2 aromatic heterocycles. The molecule has 170 valence electrons. The Morgan fingerprint density at radius 1 is 1.19 bits per heavy atom. The van der Waals surface area contributed by atoms with Crippen LogP contribution in [0.4, 0.5) is 26.4 Å². The number of nitrogens with zero attached hydrogens (tertiary/aromatic N) is 4. The predicted molar refractivity (Wildman–Crippen MR) is 119 cm³/mol. The second-order valence-corrected chi connectivity index (χ2v) is 8.62. The van der Waals surface area contributed by atoms with E-state index in [9.17, 15) is 13.6 Å². The van der Waals surface area contributed by atoms with E-state index in [-0.39, 0.29) is 29.6 Å². The number of aromatic nitrogens is 4. The van der Waals surface area contributed by atoms with Crippen molar-refractivity contribution >= 4 is 34.7 Å². The zero-order valence-corrected chi connectivity index (χ0v) is 18.3. The van der Waals surface area contributed by atoms with Crippen LogP contribution in [0.25, 0.3) is 11.2 Å². The molecule has 32 heavy (non-hydrogen) atoms. The van der Waals surface area contributed by atoms with Gasteiger partial charge >= 0.3 is 0 Å². The number of nitrogens with one attached hydrogen (secondary N) is 2. The van der Waals surface area contributed by atoms with Gasteiger partial charge in [0.25, 0.3) is 0 Å². The summed E-state index contributed by atoms with van der Waals surface area (Å²) in [6.45, 7) is 5.61. The van der Waals surface area contributed by atoms with Crippen LogP contribution in [0.15, 0.2) is 18.3 Å². The van der Waals surface area contributed by atoms with E-state index in [0.717, 1.165) is 6.07 Å². The SMILES string of the molecule is Cc1cc(F)cc(F)c1Nc1nc2cnc(NC(C)C)nc2n1[C@H]1CC[C@@H](C(N)=O)CC1. The Labute approximate surface area is 184 Å². The Balaban J connectivity index is 1.78. The first-order chi connectivity index (χ1) is 15.2. The lowest BCUT2D eigenvalue weighted by Gasteiger charge is -2.29. The van der Waals surface area contributed by atoms with Gasteiger partial charge in [0, 0.05) is 24.1 Å². The second-order valence-electron chi connectivity index (χ2n) is 8.62. The first-order valence-corrected chi connectivity index (χ1v) is 10.8. The molecule has 8 nitrogen and oxygen atoms in total. The van der Waals surface area contributed by atoms with Crippen LogP contribution in [0.1, 0.15) is 51.1 Å². The van der Waals surface area contributed by atoms with Crippen LogP contribution < -0.4 is 16.4 Å². The molecule has 0 saturated heterocycles. The molecule has 1 amide bonds. The van der Waals surface area contributed by atoms with E-state index in [0.29, 0.717) is 54.3 Å². The Hall–Kier alpha value is -3.30. The molecule has 4 rings (SSSR count). The van der Waals surface area contributed by atoms with Gasteiger partial charge in [-0.1, -0.05) is 0 Å². The maximum atomic E-state index is 14.5. The minimum Gasteiger partial charge on any atom is -0.369 e. The second kappa shape index (κ2) is 8.68. The molecule has 10 heteroatoms. The van der Waals surface area contributed by atoms with Gasteiger partial charge in [-0.15, -0.1) is 0 Å². The summed E-state index contributed by atoms with van der Waals surface area (Å²) in [5.41, 5.74) is 7.23. The first-order valence-electron chi connectivity index (χ1n) is 10.8. The number of aryl methyl sites for hydroxylation is 1. The number of halogens is 2. The standard InChI is InChI=1S/C22H27F2N7O/c1-11(2)27-21-26-10-17-20(30-21)31(15-6-4-13(5-7-15)19(25)32)22(28-17)29-18-12(3)8-14(23)9-16(18)24/h8-11,13,15H,4-7H2,1-3H3,(H2,25,32)(H,28,29)(H,26,27,30)/t13-,15+. The van der Waals surface area contributed by atoms with E-state index in [4.69, 9.17) is 5.73 Å². The van der Waals surface area contributed by atoms with Gasteiger partial charge in [0.2, 0.25) is 17.8 Å². The molecule has 1 fully saturated rings. The van der Waals surface area contributed by atoms with Gasteiger partial charge < -0.3 is 16.4 Å². The summed E-state index contributed by atoms with van der Waals surface area (Å²) in [4.78, 5) is 25.2. The van der Waals surface area contributed by atoms with Crippen LogP contribution in [0.3, 0.4) is 0 Å². The quantitative estimate of drug-likeness (QED) is 0.527. The number of carbonyl (C=O) groups is 1. The molecule has 0 atom stereocenters. The van der Waals surface area contributed by atoms with Crippen LogP contribution in [0, 0.1) is 24.5 Å². The normalized spacial score (nSPS) is 18.8. The zero-order valence-electron chi connectivity index (χ0n) is 18.3. The van der Waals surface area contributed by atoms with Crippen molar-refractivity contribution in [3.63, 3.8) is 0 Å². The van der Waals surface area contributed by atoms with Gasteiger partial charge in [-0.3, -0.25) is 9.36 Å². The molecule has 0 aliphatic heterocycles. The number of rotatable bonds is 6. The van der Waals surface area contributed by atoms with E-state index in [1.807, 2.05) is 18.4 Å². The highest BCUT2D eigenvalue weighted by molar-refractivity contribution is 5.78. The van der Waals surface area contributed by atoms with Crippen LogP contribution in [0.2, 0.25) is 0 Å². The summed E-state index contributed by atoms with van der Waals surface area (Å²) in [6.07, 6.45) is 4.35. The summed E-state index contributed by atoms with van der Waals surface area (Å²) in [5.74, 6) is -0.915. The van der Waals surface area contributed by atoms with Crippen LogP contribution >= 0.6 is 0 Å². The number of anilines is 3. The van der Waals surface area contributed by atoms with Crippen molar-refractivity contribution in [3.8, 4) is 0 Å². The Kier molecular flexibility index (Phi) is 5.94. The van der Waals surface area contributed by atoms with E-state index in [1.165, 1.54) is 6.07 Å². The highest BCUT2D eigenvalue weighted by atomic mass is 19.1. The highest BCUT2D eigenvalue weighted by Gasteiger charge is 2.29. The van der Waals surface area contributed by atoms with Crippen molar-refractivity contribution in [2.45, 2.75) is 58.5 Å². The van der Waals surface area contributed by atoms with E-state index < -0.39 is 11.6 Å². The number of primary amides is 1. The van der Waals surface area contributed by atoms with Crippen molar-refractivity contribution in [1.82, 2.24) is 19.5 Å². The maximum absolute atomic E-state index is 14.5. The molecule has 3 aromatic rings. The number of benzene rings is 1. The van der Waals surface area contributed by atoms with Gasteiger partial charge in [0.1, 0.15) is 17.2 Å². The summed E-state index contributed by atoms with van der Waals surface area (Å²) in [5, 5.41) is 6.23. The molecule has 0 unspecified atom stereocenters. The number of amides is 1. The topological polar surface area (TPSA) is 111 Å². The number of fused-ring (bicyclic) bond motifs is 1. The van der Waals surface area contributed by atoms with Crippen molar-refractivity contribution in [2.75, 3.05) is 10.6 Å². The predicted octanol–water partition coefficient (Wildman–Crippen LogP) is 4.19. The number of imidazole rings is 1. The molecule has 0 spiro atoms. The van der Waals surface area contributed by atoms with Gasteiger partial charge in [-0.2, -0.15) is 4.98 Å². The molecule has 1 aliphatic carbocycles. The largest absolute Gasteiger partial charge is 0.369 e. The number of hydrogen-bond acceptors (Lipinski definition) is 6. The Bertz CT molecular complexity index is 1130. The van der Waals surface area contributed by atoms with Crippen molar-refractivity contribution in [3.05, 3.63) is 35.5 Å². The van der Waals surface area contributed by atoms with Gasteiger partial charge in [0.15, 0.2) is 5.65 Å². The fraction of sp³-hybridized carbons (Fsp3) is 0.455. The minimum atomic E-state index is -0.702. The van der Waals surface area contributed by atoms with Gasteiger partial charge in [-0.05, 0) is 58.1 Å². The van der Waals surface area contributed by atoms with Crippen molar-refractivity contribution in [2.24, 2.45) is 11.7 Å². The maximum Gasteiger partial charge on any atom is 0.224 e. The fourth-order valence-electron chi connectivity index (χ4n) is 4.24. The fourth-order valence-corrected chi connectivity index (χ4v) is 4.24. The smallest absolute Gasteiger partial charge is 0.224 e. The third-order valence-electron chi connectivity index (χ3n) is 5.80. The van der Waals surface area contributed by atoms with E-state index in [1.54, 1.807) is 13.1 Å². The zero-order chi connectivity index (χ0) is 23.0. The van der Waals surface area contributed by atoms with Crippen LogP contribution in [-0.2, 0) is 4.79 Å². The molecule has 1 aromatic carbocycles. The molecule has 4 N–H and O–H groups in total. The van der Waals surface area contributed by atoms with Crippen molar-refractivity contribution < 1.29 is 13.6 Å². The average Bonchev–Trinajstić information content (AvgIpc) is 3.07. The lowest BCUT2D eigenvalue weighted by Crippen LogP contribution is -2.29. The summed E-state index contributed by atoms with van der Waals surface area (Å²) < 4.78 is 30.1. The minimum absolute atomic E-state index is 0.0104. The first kappa shape index (κ1) is 21.9. The number of carbonyl (C=O) groups excluding carboxylic acids is 1. The Morgan fingerprint density at radius 2 is 1.91 bits per heavy atom. The number of nitrogens with two attached hydrogens (primary N) is 1. The molecule has 0 bridgehead atoms. The molecule has 1 aliphatic rings. The Morgan fingerprint density at radius 3 is 2.53 bits per heavy atom. The van der Waals surface area contributed by atoms with Crippen LogP contribution in [-0.4, -0.2) is 31.5 Å². The van der Waals surface area contributed by atoms with E-state index in [2.05, 4.69) is 25.6 Å². The lowest BCUT2D eigenvalue weighted by molar-refractivity contribution is -0.122. The molecular formula is C22H27F2N7O. The third kappa shape index (κ3) is 4.35. The van der Waals surface area contributed by atoms with Crippen molar-refractivity contribution in [1.29, 1.82) is 0 Å². The highest BCUT2D eigenvalue weighted by Crippen LogP contribution is 2.37. The summed E-state index contributed by atoms with van der Waals surface area (Å²) in [7, 11) is 0. The summed E-state index contributed by atoms with van der Waals surface area (Å²) in [6, 6.07) is 2.23. The third-order valence-corrected chi connectivity index (χ3v) is 5.80. The monoisotopic (exact) mass is 443 g/mol. The van der Waals surface area contributed by atoms with Crippen LogP contribution in [0.5, 0.6) is 0 Å². The molecule has 0 radical (unpaired) electrons. The molecule has 1 saturated carbocycles. The van der Waals surface area contributed by atoms with Gasteiger partial charge in [-0.25, -0.2) is 18.7 Å². The molecular weight excluding hydrogens is 416 g/mol. The molecule has 2 heterocycles.